The van der Waals surface area contributed by atoms with Crippen LogP contribution in [-0.4, -0.2) is 51.7 Å². The molecule has 5 nitrogen and oxygen atoms in total. The normalized spacial score (nSPS) is 13.8. The zero-order valence-corrected chi connectivity index (χ0v) is 15.0. The minimum Gasteiger partial charge on any atom is -0.391 e. The number of carbonyl (C=O) groups is 2. The Morgan fingerprint density at radius 3 is 2.05 bits per heavy atom. The minimum atomic E-state index is -0.580. The summed E-state index contributed by atoms with van der Waals surface area (Å²) in [6, 6.07) is 0.0318. The van der Waals surface area contributed by atoms with Gasteiger partial charge in [0.25, 0.3) is 0 Å². The molecule has 0 saturated heterocycles. The molecule has 0 bridgehead atoms. The van der Waals surface area contributed by atoms with Crippen molar-refractivity contribution in [1.29, 1.82) is 0 Å². The van der Waals surface area contributed by atoms with Gasteiger partial charge in [0.05, 0.1) is 10.7 Å². The van der Waals surface area contributed by atoms with Crippen LogP contribution >= 0.6 is 23.5 Å². The Morgan fingerprint density at radius 2 is 1.62 bits per heavy atom. The number of thioether (sulfide) groups is 2. The van der Waals surface area contributed by atoms with Crippen LogP contribution in [0, 0.1) is 0 Å². The van der Waals surface area contributed by atoms with Crippen molar-refractivity contribution in [1.82, 2.24) is 10.6 Å². The lowest BCUT2D eigenvalue weighted by Gasteiger charge is -2.27. The zero-order valence-electron chi connectivity index (χ0n) is 13.3. The first-order chi connectivity index (χ1) is 9.90. The van der Waals surface area contributed by atoms with Crippen molar-refractivity contribution < 1.29 is 14.7 Å². The Hall–Kier alpha value is -0.400. The van der Waals surface area contributed by atoms with Crippen LogP contribution in [0.25, 0.3) is 0 Å². The second-order valence-electron chi connectivity index (χ2n) is 4.75. The fourth-order valence-electron chi connectivity index (χ4n) is 1.88. The maximum atomic E-state index is 11.4. The van der Waals surface area contributed by atoms with Gasteiger partial charge in [-0.2, -0.15) is 0 Å². The van der Waals surface area contributed by atoms with E-state index in [4.69, 9.17) is 0 Å². The Bertz CT molecular complexity index is 311. The first-order valence-electron chi connectivity index (χ1n) is 7.33. The lowest BCUT2D eigenvalue weighted by molar-refractivity contribution is -0.120. The topological polar surface area (TPSA) is 78.4 Å². The Balaban J connectivity index is 4.45. The molecule has 0 heterocycles. The van der Waals surface area contributed by atoms with E-state index in [0.717, 1.165) is 11.5 Å². The number of rotatable bonds is 11. The van der Waals surface area contributed by atoms with Gasteiger partial charge in [-0.05, 0) is 24.3 Å². The maximum absolute atomic E-state index is 11.4. The lowest BCUT2D eigenvalue weighted by Crippen LogP contribution is -2.41. The molecule has 124 valence electrons. The summed E-state index contributed by atoms with van der Waals surface area (Å²) in [6.45, 7) is 7.41. The Labute approximate surface area is 136 Å². The molecule has 2 amide bonds. The minimum absolute atomic E-state index is 0.0318. The van der Waals surface area contributed by atoms with E-state index in [-0.39, 0.29) is 29.0 Å². The molecule has 2 atom stereocenters. The van der Waals surface area contributed by atoms with E-state index in [1.807, 2.05) is 23.5 Å². The number of nitrogens with one attached hydrogen (secondary N) is 2. The van der Waals surface area contributed by atoms with Gasteiger partial charge in [-0.1, -0.05) is 13.8 Å². The van der Waals surface area contributed by atoms with E-state index in [2.05, 4.69) is 24.5 Å². The molecule has 0 rings (SSSR count). The van der Waals surface area contributed by atoms with Gasteiger partial charge in [0, 0.05) is 26.4 Å². The van der Waals surface area contributed by atoms with Crippen molar-refractivity contribution in [2.75, 3.05) is 18.1 Å². The summed E-state index contributed by atoms with van der Waals surface area (Å²) in [5.41, 5.74) is 0. The smallest absolute Gasteiger partial charge is 0.217 e. The maximum Gasteiger partial charge on any atom is 0.217 e. The van der Waals surface area contributed by atoms with Crippen LogP contribution in [0.15, 0.2) is 0 Å². The summed E-state index contributed by atoms with van der Waals surface area (Å²) in [7, 11) is 0. The third kappa shape index (κ3) is 10.9. The number of aliphatic hydroxyl groups is 1. The van der Waals surface area contributed by atoms with Crippen LogP contribution < -0.4 is 10.6 Å². The highest BCUT2D eigenvalue weighted by Crippen LogP contribution is 2.29. The Morgan fingerprint density at radius 1 is 1.05 bits per heavy atom. The number of hydrogen-bond donors (Lipinski definition) is 3. The molecule has 0 aromatic heterocycles. The number of carbonyl (C=O) groups excluding carboxylic acids is 2. The standard InChI is InChI=1S/C14H28N2O3S2/c1-5-20-14(21-6-2)13(16-11(4)18)8-7-12(19)9-15-10(3)17/h12-14,19H,5-9H2,1-4H3,(H,15,17)(H,16,18). The highest BCUT2D eigenvalue weighted by Gasteiger charge is 2.23. The zero-order chi connectivity index (χ0) is 16.3. The van der Waals surface area contributed by atoms with Crippen LogP contribution in [0.3, 0.4) is 0 Å². The first kappa shape index (κ1) is 20.6. The van der Waals surface area contributed by atoms with Gasteiger partial charge in [0.2, 0.25) is 11.8 Å². The molecule has 0 fully saturated rings. The fraction of sp³-hybridized carbons (Fsp3) is 0.857. The van der Waals surface area contributed by atoms with E-state index >= 15 is 0 Å². The number of aliphatic hydroxyl groups excluding tert-OH is 1. The van der Waals surface area contributed by atoms with E-state index in [0.29, 0.717) is 12.8 Å². The van der Waals surface area contributed by atoms with Gasteiger partial charge >= 0.3 is 0 Å². The van der Waals surface area contributed by atoms with Crippen LogP contribution in [0.5, 0.6) is 0 Å². The predicted octanol–water partition coefficient (Wildman–Crippen LogP) is 1.60. The van der Waals surface area contributed by atoms with Crippen molar-refractivity contribution in [3.63, 3.8) is 0 Å². The molecule has 0 spiro atoms. The van der Waals surface area contributed by atoms with Crippen LogP contribution in [0.4, 0.5) is 0 Å². The molecule has 0 aliphatic carbocycles. The van der Waals surface area contributed by atoms with Gasteiger partial charge in [0.1, 0.15) is 0 Å². The first-order valence-corrected chi connectivity index (χ1v) is 9.43. The van der Waals surface area contributed by atoms with E-state index in [1.165, 1.54) is 13.8 Å². The lowest BCUT2D eigenvalue weighted by atomic mass is 10.1. The molecule has 7 heteroatoms. The van der Waals surface area contributed by atoms with Crippen molar-refractivity contribution in [2.45, 2.75) is 57.3 Å². The second-order valence-corrected chi connectivity index (χ2v) is 7.89. The molecule has 3 N–H and O–H groups in total. The summed E-state index contributed by atoms with van der Waals surface area (Å²) in [6.07, 6.45) is 0.672. The molecule has 0 saturated carbocycles. The third-order valence-electron chi connectivity index (χ3n) is 2.78. The summed E-state index contributed by atoms with van der Waals surface area (Å²) >= 11 is 3.64. The molecular weight excluding hydrogens is 308 g/mol. The Kier molecular flexibility index (Phi) is 11.9. The molecule has 2 unspecified atom stereocenters. The van der Waals surface area contributed by atoms with E-state index in [1.54, 1.807) is 0 Å². The highest BCUT2D eigenvalue weighted by atomic mass is 32.2. The summed E-state index contributed by atoms with van der Waals surface area (Å²) in [5, 5.41) is 15.5. The van der Waals surface area contributed by atoms with Gasteiger partial charge in [-0.3, -0.25) is 9.59 Å². The quantitative estimate of drug-likeness (QED) is 0.500. The molecule has 0 radical (unpaired) electrons. The van der Waals surface area contributed by atoms with Gasteiger partial charge in [-0.15, -0.1) is 23.5 Å². The highest BCUT2D eigenvalue weighted by molar-refractivity contribution is 8.17. The SMILES string of the molecule is CCSC(SCC)C(CCC(O)CNC(C)=O)NC(C)=O. The van der Waals surface area contributed by atoms with Gasteiger partial charge in [0.15, 0.2) is 0 Å². The van der Waals surface area contributed by atoms with Crippen molar-refractivity contribution >= 4 is 35.3 Å². The third-order valence-corrected chi connectivity index (χ3v) is 5.57. The fourth-order valence-corrected chi connectivity index (χ4v) is 4.61. The average molecular weight is 337 g/mol. The van der Waals surface area contributed by atoms with Gasteiger partial charge < -0.3 is 15.7 Å². The van der Waals surface area contributed by atoms with Crippen molar-refractivity contribution in [3.05, 3.63) is 0 Å². The molecule has 0 aliphatic rings. The number of amides is 2. The van der Waals surface area contributed by atoms with Crippen molar-refractivity contribution in [2.24, 2.45) is 0 Å². The van der Waals surface area contributed by atoms with Crippen LogP contribution in [-0.2, 0) is 9.59 Å². The average Bonchev–Trinajstić information content (AvgIpc) is 2.40. The second kappa shape index (κ2) is 12.2. The van der Waals surface area contributed by atoms with Crippen LogP contribution in [0.1, 0.15) is 40.5 Å². The van der Waals surface area contributed by atoms with Crippen molar-refractivity contribution in [3.8, 4) is 0 Å². The monoisotopic (exact) mass is 336 g/mol. The van der Waals surface area contributed by atoms with E-state index < -0.39 is 6.10 Å². The molecule has 21 heavy (non-hydrogen) atoms. The molecular formula is C14H28N2O3S2. The van der Waals surface area contributed by atoms with Crippen LogP contribution in [0.2, 0.25) is 0 Å². The molecule has 0 aliphatic heterocycles. The molecule has 0 aromatic rings. The summed E-state index contributed by atoms with van der Waals surface area (Å²) in [5.74, 6) is 1.79. The van der Waals surface area contributed by atoms with E-state index in [9.17, 15) is 14.7 Å². The summed E-state index contributed by atoms with van der Waals surface area (Å²) < 4.78 is 0.289. The largest absolute Gasteiger partial charge is 0.391 e. The van der Waals surface area contributed by atoms with Gasteiger partial charge in [-0.25, -0.2) is 0 Å². The summed E-state index contributed by atoms with van der Waals surface area (Å²) in [4.78, 5) is 22.2. The predicted molar refractivity (Wildman–Crippen MR) is 91.6 cm³/mol. The molecule has 0 aromatic carbocycles. The number of hydrogen-bond acceptors (Lipinski definition) is 5.